The van der Waals surface area contributed by atoms with Gasteiger partial charge in [0, 0.05) is 31.2 Å². The highest BCUT2D eigenvalue weighted by atomic mass is 16.2. The molecule has 2 aromatic heterocycles. The van der Waals surface area contributed by atoms with Crippen molar-refractivity contribution in [1.29, 1.82) is 0 Å². The summed E-state index contributed by atoms with van der Waals surface area (Å²) in [5.41, 5.74) is 2.94. The zero-order valence-electron chi connectivity index (χ0n) is 13.3. The Morgan fingerprint density at radius 3 is 2.86 bits per heavy atom. The molecule has 1 amide bonds. The molecule has 0 saturated carbocycles. The predicted molar refractivity (Wildman–Crippen MR) is 82.9 cm³/mol. The fourth-order valence-corrected chi connectivity index (χ4v) is 2.42. The number of amides is 1. The summed E-state index contributed by atoms with van der Waals surface area (Å²) in [5.74, 6) is 0.0408. The second-order valence-electron chi connectivity index (χ2n) is 5.82. The van der Waals surface area contributed by atoms with E-state index in [1.54, 1.807) is 4.68 Å². The summed E-state index contributed by atoms with van der Waals surface area (Å²) in [4.78, 5) is 18.2. The zero-order chi connectivity index (χ0) is 15.6. The van der Waals surface area contributed by atoms with Gasteiger partial charge in [-0.2, -0.15) is 5.10 Å². The molecule has 1 N–H and O–H groups in total. The Balaban J connectivity index is 2.05. The first-order valence-electron chi connectivity index (χ1n) is 7.13. The third-order valence-corrected chi connectivity index (χ3v) is 3.24. The molecule has 0 bridgehead atoms. The van der Waals surface area contributed by atoms with Crippen LogP contribution in [0.15, 0.2) is 12.3 Å². The highest BCUT2D eigenvalue weighted by Crippen LogP contribution is 2.17. The lowest BCUT2D eigenvalue weighted by atomic mass is 10.2. The number of hydrogen-bond acceptors (Lipinski definition) is 4. The smallest absolute Gasteiger partial charge is 0.234 e. The van der Waals surface area contributed by atoms with Gasteiger partial charge >= 0.3 is 0 Å². The van der Waals surface area contributed by atoms with Gasteiger partial charge in [-0.15, -0.1) is 0 Å². The van der Waals surface area contributed by atoms with E-state index in [2.05, 4.69) is 21.5 Å². The van der Waals surface area contributed by atoms with Crippen LogP contribution in [0.3, 0.4) is 0 Å². The fourth-order valence-electron chi connectivity index (χ4n) is 2.42. The van der Waals surface area contributed by atoms with Crippen LogP contribution in [0.4, 0.5) is 0 Å². The van der Waals surface area contributed by atoms with E-state index >= 15 is 0 Å². The molecule has 0 fully saturated rings. The zero-order valence-corrected chi connectivity index (χ0v) is 13.3. The van der Waals surface area contributed by atoms with Crippen molar-refractivity contribution < 1.29 is 4.79 Å². The summed E-state index contributed by atoms with van der Waals surface area (Å²) < 4.78 is 1.79. The minimum absolute atomic E-state index is 0.0408. The number of aromatic nitrogens is 3. The van der Waals surface area contributed by atoms with Crippen molar-refractivity contribution in [2.45, 2.75) is 33.4 Å². The monoisotopic (exact) mass is 289 g/mol. The van der Waals surface area contributed by atoms with E-state index < -0.39 is 0 Å². The van der Waals surface area contributed by atoms with Crippen LogP contribution in [0.2, 0.25) is 0 Å². The normalized spacial score (nSPS) is 11.6. The molecule has 0 aliphatic carbocycles. The molecule has 2 heterocycles. The number of pyridine rings is 1. The van der Waals surface area contributed by atoms with Crippen LogP contribution in [-0.2, 0) is 18.4 Å². The van der Waals surface area contributed by atoms with Gasteiger partial charge < -0.3 is 5.32 Å². The number of nitrogens with zero attached hydrogens (tertiary/aromatic N) is 4. The summed E-state index contributed by atoms with van der Waals surface area (Å²) >= 11 is 0. The van der Waals surface area contributed by atoms with Gasteiger partial charge in [0.15, 0.2) is 5.65 Å². The summed E-state index contributed by atoms with van der Waals surface area (Å²) in [5, 5.41) is 8.32. The lowest BCUT2D eigenvalue weighted by Crippen LogP contribution is -2.38. The Labute approximate surface area is 125 Å². The van der Waals surface area contributed by atoms with E-state index in [9.17, 15) is 4.79 Å². The van der Waals surface area contributed by atoms with Crippen LogP contribution in [-0.4, -0.2) is 45.2 Å². The quantitative estimate of drug-likeness (QED) is 0.899. The molecule has 6 heteroatoms. The van der Waals surface area contributed by atoms with Gasteiger partial charge in [-0.1, -0.05) is 0 Å². The van der Waals surface area contributed by atoms with Gasteiger partial charge in [0.05, 0.1) is 12.2 Å². The van der Waals surface area contributed by atoms with Gasteiger partial charge in [0.1, 0.15) is 0 Å². The third-order valence-electron chi connectivity index (χ3n) is 3.24. The molecule has 0 spiro atoms. The third kappa shape index (κ3) is 3.78. The van der Waals surface area contributed by atoms with Gasteiger partial charge in [-0.3, -0.25) is 14.4 Å². The predicted octanol–water partition coefficient (Wildman–Crippen LogP) is 1.23. The van der Waals surface area contributed by atoms with E-state index in [0.29, 0.717) is 13.1 Å². The number of fused-ring (bicyclic) bond motifs is 1. The average Bonchev–Trinajstić information content (AvgIpc) is 2.63. The average molecular weight is 289 g/mol. The number of carbonyl (C=O) groups is 1. The van der Waals surface area contributed by atoms with Crippen molar-refractivity contribution in [2.24, 2.45) is 7.05 Å². The van der Waals surface area contributed by atoms with E-state index in [-0.39, 0.29) is 11.9 Å². The molecule has 0 aliphatic heterocycles. The number of carbonyl (C=O) groups excluding carboxylic acids is 1. The number of aryl methyl sites for hydroxylation is 2. The molecule has 21 heavy (non-hydrogen) atoms. The topological polar surface area (TPSA) is 63.1 Å². The van der Waals surface area contributed by atoms with Crippen molar-refractivity contribution in [3.05, 3.63) is 23.5 Å². The summed E-state index contributed by atoms with van der Waals surface area (Å²) in [6, 6.07) is 2.27. The Kier molecular flexibility index (Phi) is 4.57. The summed E-state index contributed by atoms with van der Waals surface area (Å²) in [7, 11) is 3.82. The second-order valence-corrected chi connectivity index (χ2v) is 5.82. The van der Waals surface area contributed by atoms with Gasteiger partial charge in [0.25, 0.3) is 0 Å². The molecule has 0 aliphatic rings. The van der Waals surface area contributed by atoms with Crippen molar-refractivity contribution >= 4 is 16.9 Å². The molecule has 0 saturated heterocycles. The van der Waals surface area contributed by atoms with Crippen molar-refractivity contribution in [3.8, 4) is 0 Å². The molecule has 114 valence electrons. The minimum Gasteiger partial charge on any atom is -0.353 e. The van der Waals surface area contributed by atoms with Crippen molar-refractivity contribution in [1.82, 2.24) is 25.0 Å². The van der Waals surface area contributed by atoms with E-state index in [4.69, 9.17) is 0 Å². The molecule has 2 rings (SSSR count). The van der Waals surface area contributed by atoms with E-state index in [1.165, 1.54) is 0 Å². The lowest BCUT2D eigenvalue weighted by Gasteiger charge is -2.17. The molecular formula is C15H23N5O. The SMILES string of the molecule is Cc1nn(C)c2ncc(CN(C)CC(=O)NC(C)C)cc12. The first-order chi connectivity index (χ1) is 9.86. The van der Waals surface area contributed by atoms with Crippen LogP contribution in [0, 0.1) is 6.92 Å². The molecule has 0 unspecified atom stereocenters. The van der Waals surface area contributed by atoms with Crippen LogP contribution >= 0.6 is 0 Å². The van der Waals surface area contributed by atoms with Crippen molar-refractivity contribution in [3.63, 3.8) is 0 Å². The van der Waals surface area contributed by atoms with Gasteiger partial charge in [-0.25, -0.2) is 4.98 Å². The minimum atomic E-state index is 0.0408. The number of likely N-dealkylation sites (N-methyl/N-ethyl adjacent to an activating group) is 1. The van der Waals surface area contributed by atoms with E-state index in [0.717, 1.165) is 22.3 Å². The highest BCUT2D eigenvalue weighted by Gasteiger charge is 2.11. The molecule has 6 nitrogen and oxygen atoms in total. The number of nitrogens with one attached hydrogen (secondary N) is 1. The largest absolute Gasteiger partial charge is 0.353 e. The second kappa shape index (κ2) is 6.22. The standard InChI is InChI=1S/C15H23N5O/c1-10(2)17-14(21)9-19(4)8-12-6-13-11(3)18-20(5)15(13)16-7-12/h6-7,10H,8-9H2,1-5H3,(H,17,21). The first-order valence-corrected chi connectivity index (χ1v) is 7.13. The molecule has 0 aromatic carbocycles. The van der Waals surface area contributed by atoms with Gasteiger partial charge in [0.2, 0.25) is 5.91 Å². The Hall–Kier alpha value is -1.95. The lowest BCUT2D eigenvalue weighted by molar-refractivity contribution is -0.122. The molecule has 0 radical (unpaired) electrons. The van der Waals surface area contributed by atoms with Crippen LogP contribution < -0.4 is 5.32 Å². The Morgan fingerprint density at radius 1 is 1.48 bits per heavy atom. The highest BCUT2D eigenvalue weighted by molar-refractivity contribution is 5.79. The first kappa shape index (κ1) is 15.4. The fraction of sp³-hybridized carbons (Fsp3) is 0.533. The number of hydrogen-bond donors (Lipinski definition) is 1. The maximum absolute atomic E-state index is 11.7. The Bertz CT molecular complexity index is 647. The molecular weight excluding hydrogens is 266 g/mol. The summed E-state index contributed by atoms with van der Waals surface area (Å²) in [6.45, 7) is 6.96. The van der Waals surface area contributed by atoms with Crippen LogP contribution in [0.1, 0.15) is 25.1 Å². The molecule has 0 atom stereocenters. The maximum atomic E-state index is 11.7. The van der Waals surface area contributed by atoms with Gasteiger partial charge in [-0.05, 0) is 39.4 Å². The Morgan fingerprint density at radius 2 is 2.19 bits per heavy atom. The summed E-state index contributed by atoms with van der Waals surface area (Å²) in [6.07, 6.45) is 1.85. The number of rotatable bonds is 5. The molecule has 2 aromatic rings. The maximum Gasteiger partial charge on any atom is 0.234 e. The van der Waals surface area contributed by atoms with E-state index in [1.807, 2.05) is 46.0 Å². The van der Waals surface area contributed by atoms with Crippen LogP contribution in [0.25, 0.3) is 11.0 Å². The van der Waals surface area contributed by atoms with Crippen molar-refractivity contribution in [2.75, 3.05) is 13.6 Å². The van der Waals surface area contributed by atoms with Crippen LogP contribution in [0.5, 0.6) is 0 Å².